The number of hydrogen-bond donors (Lipinski definition) is 2. The van der Waals surface area contributed by atoms with Crippen molar-refractivity contribution in [3.8, 4) is 0 Å². The van der Waals surface area contributed by atoms with Gasteiger partial charge in [0.2, 0.25) is 11.8 Å². The molecule has 5 nitrogen and oxygen atoms in total. The van der Waals surface area contributed by atoms with E-state index in [0.29, 0.717) is 22.4 Å². The third-order valence-corrected chi connectivity index (χ3v) is 7.05. The first-order chi connectivity index (χ1) is 13.5. The molecule has 1 aromatic rings. The van der Waals surface area contributed by atoms with E-state index in [2.05, 4.69) is 10.6 Å². The zero-order valence-corrected chi connectivity index (χ0v) is 16.7. The fraction of sp³-hybridized carbons (Fsp3) is 0.591. The van der Waals surface area contributed by atoms with E-state index in [1.165, 1.54) is 6.42 Å². The molecular weight excluding hydrogens is 376 g/mol. The standard InChI is InChI=1S/C22H27ClN2O3/c23-14-6-4-13(5-7-14)20(26)10-11-21(27)24-15-8-9-17-16-2-1-3-18(16)22(28)25-19(17)12-15/h4-7,15-19H,1-3,8-12H2,(H,24,27)(H,25,28). The summed E-state index contributed by atoms with van der Waals surface area (Å²) in [6, 6.07) is 7.00. The second-order valence-electron chi connectivity index (χ2n) is 8.49. The number of carbonyl (C=O) groups is 3. The van der Waals surface area contributed by atoms with Crippen LogP contribution < -0.4 is 10.6 Å². The van der Waals surface area contributed by atoms with E-state index >= 15 is 0 Å². The Labute approximate surface area is 170 Å². The Morgan fingerprint density at radius 3 is 2.61 bits per heavy atom. The number of nitrogens with one attached hydrogen (secondary N) is 2. The maximum Gasteiger partial charge on any atom is 0.223 e. The molecule has 5 atom stereocenters. The van der Waals surface area contributed by atoms with E-state index < -0.39 is 0 Å². The molecule has 3 fully saturated rings. The summed E-state index contributed by atoms with van der Waals surface area (Å²) in [6.45, 7) is 0. The molecule has 0 radical (unpaired) electrons. The second kappa shape index (κ2) is 8.24. The van der Waals surface area contributed by atoms with Crippen LogP contribution in [0.15, 0.2) is 24.3 Å². The zero-order chi connectivity index (χ0) is 19.7. The number of hydrogen-bond acceptors (Lipinski definition) is 3. The fourth-order valence-corrected chi connectivity index (χ4v) is 5.55. The van der Waals surface area contributed by atoms with Gasteiger partial charge in [-0.2, -0.15) is 0 Å². The van der Waals surface area contributed by atoms with Crippen LogP contribution in [0.5, 0.6) is 0 Å². The molecule has 0 aromatic heterocycles. The molecule has 1 aliphatic heterocycles. The van der Waals surface area contributed by atoms with Gasteiger partial charge in [0.05, 0.1) is 0 Å². The minimum Gasteiger partial charge on any atom is -0.353 e. The number of fused-ring (bicyclic) bond motifs is 3. The van der Waals surface area contributed by atoms with Gasteiger partial charge in [0.25, 0.3) is 0 Å². The van der Waals surface area contributed by atoms with Crippen molar-refractivity contribution in [2.45, 2.75) is 63.5 Å². The van der Waals surface area contributed by atoms with E-state index in [1.54, 1.807) is 24.3 Å². The minimum atomic E-state index is -0.0911. The quantitative estimate of drug-likeness (QED) is 0.740. The predicted molar refractivity (Wildman–Crippen MR) is 107 cm³/mol. The van der Waals surface area contributed by atoms with Crippen molar-refractivity contribution in [1.82, 2.24) is 10.6 Å². The van der Waals surface area contributed by atoms with Crippen LogP contribution in [0.1, 0.15) is 61.7 Å². The molecule has 1 aromatic carbocycles. The lowest BCUT2D eigenvalue weighted by Gasteiger charge is -2.45. The van der Waals surface area contributed by atoms with Crippen LogP contribution in [-0.4, -0.2) is 29.7 Å². The molecule has 2 aliphatic carbocycles. The Hall–Kier alpha value is -1.88. The Bertz CT molecular complexity index is 764. The molecule has 4 rings (SSSR count). The summed E-state index contributed by atoms with van der Waals surface area (Å²) in [5.41, 5.74) is 0.578. The smallest absolute Gasteiger partial charge is 0.223 e. The molecule has 0 spiro atoms. The van der Waals surface area contributed by atoms with Gasteiger partial charge in [0, 0.05) is 41.4 Å². The zero-order valence-electron chi connectivity index (χ0n) is 16.0. The molecule has 6 heteroatoms. The SMILES string of the molecule is O=C(CCC(=O)c1ccc(Cl)cc1)NC1CCC2C(C1)NC(=O)C1CCCC12. The van der Waals surface area contributed by atoms with Gasteiger partial charge < -0.3 is 10.6 Å². The first kappa shape index (κ1) is 19.4. The average Bonchev–Trinajstić information content (AvgIpc) is 3.17. The number of rotatable bonds is 5. The maximum absolute atomic E-state index is 12.3. The van der Waals surface area contributed by atoms with Crippen LogP contribution in [0.3, 0.4) is 0 Å². The highest BCUT2D eigenvalue weighted by Gasteiger charge is 2.48. The summed E-state index contributed by atoms with van der Waals surface area (Å²) in [5, 5.41) is 6.88. The number of carbonyl (C=O) groups excluding carboxylic acids is 3. The van der Waals surface area contributed by atoms with Gasteiger partial charge in [-0.25, -0.2) is 0 Å². The predicted octanol–water partition coefficient (Wildman–Crippen LogP) is 3.50. The van der Waals surface area contributed by atoms with Gasteiger partial charge in [-0.1, -0.05) is 18.0 Å². The number of ketones is 1. The van der Waals surface area contributed by atoms with Crippen molar-refractivity contribution in [3.05, 3.63) is 34.9 Å². The normalized spacial score (nSPS) is 31.5. The summed E-state index contributed by atoms with van der Waals surface area (Å²) in [7, 11) is 0. The fourth-order valence-electron chi connectivity index (χ4n) is 5.43. The number of piperidine rings is 1. The topological polar surface area (TPSA) is 75.3 Å². The van der Waals surface area contributed by atoms with Crippen LogP contribution in [0.25, 0.3) is 0 Å². The van der Waals surface area contributed by atoms with Crippen molar-refractivity contribution in [3.63, 3.8) is 0 Å². The van der Waals surface area contributed by atoms with Crippen LogP contribution in [-0.2, 0) is 9.59 Å². The molecule has 0 bridgehead atoms. The second-order valence-corrected chi connectivity index (χ2v) is 8.92. The molecule has 28 heavy (non-hydrogen) atoms. The first-order valence-corrected chi connectivity index (χ1v) is 10.8. The molecule has 1 saturated heterocycles. The molecular formula is C22H27ClN2O3. The molecule has 2 amide bonds. The van der Waals surface area contributed by atoms with Gasteiger partial charge >= 0.3 is 0 Å². The summed E-state index contributed by atoms with van der Waals surface area (Å²) >= 11 is 5.84. The van der Waals surface area contributed by atoms with E-state index in [0.717, 1.165) is 32.1 Å². The maximum atomic E-state index is 12.3. The molecule has 2 N–H and O–H groups in total. The van der Waals surface area contributed by atoms with E-state index in [9.17, 15) is 14.4 Å². The first-order valence-electron chi connectivity index (χ1n) is 10.4. The monoisotopic (exact) mass is 402 g/mol. The molecule has 5 unspecified atom stereocenters. The lowest BCUT2D eigenvalue weighted by Crippen LogP contribution is -2.57. The van der Waals surface area contributed by atoms with E-state index in [4.69, 9.17) is 11.6 Å². The summed E-state index contributed by atoms with van der Waals surface area (Å²) in [4.78, 5) is 36.9. The Morgan fingerprint density at radius 1 is 1.04 bits per heavy atom. The van der Waals surface area contributed by atoms with Gasteiger partial charge in [-0.3, -0.25) is 14.4 Å². The number of amides is 2. The molecule has 2 saturated carbocycles. The largest absolute Gasteiger partial charge is 0.353 e. The Morgan fingerprint density at radius 2 is 1.82 bits per heavy atom. The number of Topliss-reactive ketones (excluding diaryl/α,β-unsaturated/α-hetero) is 1. The summed E-state index contributed by atoms with van der Waals surface area (Å²) in [5.74, 6) is 1.38. The number of halogens is 1. The highest BCUT2D eigenvalue weighted by atomic mass is 35.5. The van der Waals surface area contributed by atoms with Crippen molar-refractivity contribution in [2.24, 2.45) is 17.8 Å². The summed E-state index contributed by atoms with van der Waals surface area (Å²) in [6.07, 6.45) is 6.54. The van der Waals surface area contributed by atoms with Crippen molar-refractivity contribution >= 4 is 29.2 Å². The van der Waals surface area contributed by atoms with Crippen LogP contribution in [0.2, 0.25) is 5.02 Å². The van der Waals surface area contributed by atoms with Gasteiger partial charge in [0.15, 0.2) is 5.78 Å². The molecule has 1 heterocycles. The highest BCUT2D eigenvalue weighted by Crippen LogP contribution is 2.46. The van der Waals surface area contributed by atoms with Gasteiger partial charge in [-0.15, -0.1) is 0 Å². The van der Waals surface area contributed by atoms with Crippen LogP contribution in [0.4, 0.5) is 0 Å². The third-order valence-electron chi connectivity index (χ3n) is 6.80. The van der Waals surface area contributed by atoms with E-state index in [1.807, 2.05) is 0 Å². The van der Waals surface area contributed by atoms with Crippen LogP contribution >= 0.6 is 11.6 Å². The average molecular weight is 403 g/mol. The minimum absolute atomic E-state index is 0.0534. The highest BCUT2D eigenvalue weighted by molar-refractivity contribution is 6.30. The van der Waals surface area contributed by atoms with Crippen molar-refractivity contribution in [2.75, 3.05) is 0 Å². The van der Waals surface area contributed by atoms with E-state index in [-0.39, 0.29) is 48.4 Å². The lowest BCUT2D eigenvalue weighted by atomic mass is 9.68. The Kier molecular flexibility index (Phi) is 5.72. The van der Waals surface area contributed by atoms with Gasteiger partial charge in [0.1, 0.15) is 0 Å². The molecule has 3 aliphatic rings. The van der Waals surface area contributed by atoms with Crippen molar-refractivity contribution < 1.29 is 14.4 Å². The number of benzene rings is 1. The summed E-state index contributed by atoms with van der Waals surface area (Å²) < 4.78 is 0. The third kappa shape index (κ3) is 4.09. The van der Waals surface area contributed by atoms with Gasteiger partial charge in [-0.05, 0) is 68.2 Å². The van der Waals surface area contributed by atoms with Crippen molar-refractivity contribution in [1.29, 1.82) is 0 Å². The Balaban J connectivity index is 1.26. The lowest BCUT2D eigenvalue weighted by molar-refractivity contribution is -0.132. The van der Waals surface area contributed by atoms with Crippen LogP contribution in [0, 0.1) is 17.8 Å². The molecule has 150 valence electrons.